The van der Waals surface area contributed by atoms with Crippen LogP contribution >= 0.6 is 11.3 Å². The Kier molecular flexibility index (Phi) is 5.37. The van der Waals surface area contributed by atoms with Crippen molar-refractivity contribution in [2.45, 2.75) is 13.8 Å². The van der Waals surface area contributed by atoms with E-state index >= 15 is 0 Å². The molecule has 2 heterocycles. The standard InChI is InChI=1S/C25H19NS.C2H6/c1-17-16-19(18-8-4-3-5-9-18)14-15-26(2)24-20(17)12-13-22-21-10-6-7-11-23(21)27-25(22)24;1-2/h3-16H,1H2,2H3;1-2H3/b15-14-,19-16+;. The molecule has 1 nitrogen and oxygen atoms in total. The highest BCUT2D eigenvalue weighted by atomic mass is 32.1. The van der Waals surface area contributed by atoms with Gasteiger partial charge in [0.2, 0.25) is 0 Å². The van der Waals surface area contributed by atoms with Crippen molar-refractivity contribution in [1.29, 1.82) is 0 Å². The third-order valence-electron chi connectivity index (χ3n) is 5.13. The van der Waals surface area contributed by atoms with Gasteiger partial charge in [-0.15, -0.1) is 11.3 Å². The Morgan fingerprint density at radius 3 is 2.34 bits per heavy atom. The molecule has 0 unspecified atom stereocenters. The fraction of sp³-hybridized carbons (Fsp3) is 0.111. The number of rotatable bonds is 1. The van der Waals surface area contributed by atoms with Crippen LogP contribution in [-0.4, -0.2) is 7.05 Å². The van der Waals surface area contributed by atoms with Gasteiger partial charge in [0.15, 0.2) is 0 Å². The number of hydrogen-bond acceptors (Lipinski definition) is 2. The Hall–Kier alpha value is -3.10. The number of thiophene rings is 1. The lowest BCUT2D eigenvalue weighted by Crippen LogP contribution is -2.11. The number of benzene rings is 3. The van der Waals surface area contributed by atoms with E-state index in [0.717, 1.165) is 5.57 Å². The average molecular weight is 396 g/mol. The molecule has 0 bridgehead atoms. The Balaban J connectivity index is 0.000000994. The van der Waals surface area contributed by atoms with E-state index in [1.807, 2.05) is 31.3 Å². The second kappa shape index (κ2) is 8.10. The fourth-order valence-corrected chi connectivity index (χ4v) is 5.07. The normalized spacial score (nSPS) is 16.3. The number of fused-ring (bicyclic) bond motifs is 5. The molecule has 0 radical (unpaired) electrons. The first kappa shape index (κ1) is 19.2. The summed E-state index contributed by atoms with van der Waals surface area (Å²) in [5.41, 5.74) is 5.84. The number of anilines is 1. The van der Waals surface area contributed by atoms with Gasteiger partial charge in [0, 0.05) is 34.3 Å². The number of nitrogens with zero attached hydrogens (tertiary/aromatic N) is 1. The molecule has 29 heavy (non-hydrogen) atoms. The van der Waals surface area contributed by atoms with Gasteiger partial charge in [0.1, 0.15) is 0 Å². The first-order chi connectivity index (χ1) is 14.2. The molecule has 0 aliphatic carbocycles. The summed E-state index contributed by atoms with van der Waals surface area (Å²) in [6, 6.07) is 23.6. The van der Waals surface area contributed by atoms with E-state index in [0.29, 0.717) is 0 Å². The van der Waals surface area contributed by atoms with Crippen molar-refractivity contribution in [3.8, 4) is 0 Å². The van der Waals surface area contributed by atoms with Crippen molar-refractivity contribution in [2.75, 3.05) is 11.9 Å². The highest BCUT2D eigenvalue weighted by Gasteiger charge is 2.18. The van der Waals surface area contributed by atoms with Gasteiger partial charge in [-0.2, -0.15) is 0 Å². The molecule has 0 saturated carbocycles. The van der Waals surface area contributed by atoms with Crippen LogP contribution in [0.1, 0.15) is 25.0 Å². The van der Waals surface area contributed by atoms with E-state index < -0.39 is 0 Å². The van der Waals surface area contributed by atoms with Crippen LogP contribution in [0, 0.1) is 0 Å². The summed E-state index contributed by atoms with van der Waals surface area (Å²) in [5, 5.41) is 2.64. The molecule has 0 saturated heterocycles. The molecule has 1 aromatic heterocycles. The third kappa shape index (κ3) is 3.41. The van der Waals surface area contributed by atoms with Crippen molar-refractivity contribution in [2.24, 2.45) is 0 Å². The van der Waals surface area contributed by atoms with E-state index in [2.05, 4.69) is 97.5 Å². The minimum absolute atomic E-state index is 1.04. The van der Waals surface area contributed by atoms with Gasteiger partial charge in [-0.05, 0) is 34.9 Å². The minimum Gasteiger partial charge on any atom is -0.349 e. The van der Waals surface area contributed by atoms with Gasteiger partial charge in [0.25, 0.3) is 0 Å². The molecule has 4 aromatic rings. The highest BCUT2D eigenvalue weighted by Crippen LogP contribution is 2.44. The van der Waals surface area contributed by atoms with Crippen LogP contribution in [0.25, 0.3) is 31.3 Å². The zero-order chi connectivity index (χ0) is 20.4. The second-order valence-corrected chi connectivity index (χ2v) is 7.91. The molecule has 0 fully saturated rings. The van der Waals surface area contributed by atoms with Crippen molar-refractivity contribution >= 4 is 48.3 Å². The lowest BCUT2D eigenvalue weighted by atomic mass is 9.96. The average Bonchev–Trinajstić information content (AvgIpc) is 3.15. The summed E-state index contributed by atoms with van der Waals surface area (Å²) in [4.78, 5) is 2.23. The summed E-state index contributed by atoms with van der Waals surface area (Å²) in [7, 11) is 2.13. The number of hydrogen-bond donors (Lipinski definition) is 0. The summed E-state index contributed by atoms with van der Waals surface area (Å²) in [5.74, 6) is 0. The van der Waals surface area contributed by atoms with E-state index in [1.54, 1.807) is 0 Å². The molecule has 5 rings (SSSR count). The third-order valence-corrected chi connectivity index (χ3v) is 6.33. The molecule has 0 N–H and O–H groups in total. The van der Waals surface area contributed by atoms with Crippen LogP contribution in [0.5, 0.6) is 0 Å². The van der Waals surface area contributed by atoms with Crippen molar-refractivity contribution < 1.29 is 0 Å². The second-order valence-electron chi connectivity index (χ2n) is 6.85. The Morgan fingerprint density at radius 2 is 1.55 bits per heavy atom. The SMILES string of the molecule is C=C1/C=C(c2ccccc2)\C=C/N(C)c2c1ccc1c2sc2ccccc21.CC. The van der Waals surface area contributed by atoms with E-state index in [4.69, 9.17) is 0 Å². The molecule has 3 aromatic carbocycles. The van der Waals surface area contributed by atoms with Crippen LogP contribution < -0.4 is 4.90 Å². The maximum atomic E-state index is 4.40. The van der Waals surface area contributed by atoms with Gasteiger partial charge in [-0.25, -0.2) is 0 Å². The molecule has 144 valence electrons. The predicted molar refractivity (Wildman–Crippen MR) is 132 cm³/mol. The summed E-state index contributed by atoms with van der Waals surface area (Å²) < 4.78 is 2.64. The Bertz CT molecular complexity index is 1240. The number of allylic oxidation sites excluding steroid dienone is 4. The molecular formula is C27H25NS. The monoisotopic (exact) mass is 395 g/mol. The van der Waals surface area contributed by atoms with Crippen LogP contribution in [0.2, 0.25) is 0 Å². The minimum atomic E-state index is 1.04. The molecule has 1 aliphatic heterocycles. The Morgan fingerprint density at radius 1 is 0.828 bits per heavy atom. The molecule has 0 atom stereocenters. The fourth-order valence-electron chi connectivity index (χ4n) is 3.77. The first-order valence-electron chi connectivity index (χ1n) is 10.0. The lowest BCUT2D eigenvalue weighted by Gasteiger charge is -2.22. The predicted octanol–water partition coefficient (Wildman–Crippen LogP) is 8.14. The molecular weight excluding hydrogens is 370 g/mol. The van der Waals surface area contributed by atoms with Gasteiger partial charge >= 0.3 is 0 Å². The quantitative estimate of drug-likeness (QED) is 0.314. The smallest absolute Gasteiger partial charge is 0.0664 e. The van der Waals surface area contributed by atoms with Gasteiger partial charge < -0.3 is 4.90 Å². The van der Waals surface area contributed by atoms with Gasteiger partial charge in [-0.3, -0.25) is 0 Å². The Labute approximate surface area is 176 Å². The van der Waals surface area contributed by atoms with Crippen molar-refractivity contribution in [1.82, 2.24) is 0 Å². The molecule has 0 amide bonds. The van der Waals surface area contributed by atoms with Crippen molar-refractivity contribution in [3.63, 3.8) is 0 Å². The van der Waals surface area contributed by atoms with E-state index in [1.165, 1.54) is 42.6 Å². The first-order valence-corrected chi connectivity index (χ1v) is 10.9. The van der Waals surface area contributed by atoms with Gasteiger partial charge in [0.05, 0.1) is 10.4 Å². The summed E-state index contributed by atoms with van der Waals surface area (Å²) in [6.07, 6.45) is 6.53. The largest absolute Gasteiger partial charge is 0.349 e. The maximum Gasteiger partial charge on any atom is 0.0664 e. The lowest BCUT2D eigenvalue weighted by molar-refractivity contribution is 1.21. The van der Waals surface area contributed by atoms with Crippen LogP contribution in [0.15, 0.2) is 91.7 Å². The van der Waals surface area contributed by atoms with E-state index in [-0.39, 0.29) is 0 Å². The van der Waals surface area contributed by atoms with Crippen molar-refractivity contribution in [3.05, 3.63) is 103 Å². The highest BCUT2D eigenvalue weighted by molar-refractivity contribution is 7.26. The summed E-state index contributed by atoms with van der Waals surface area (Å²) >= 11 is 1.86. The maximum absolute atomic E-state index is 4.40. The molecule has 1 aliphatic rings. The topological polar surface area (TPSA) is 3.24 Å². The molecule has 2 heteroatoms. The van der Waals surface area contributed by atoms with Gasteiger partial charge in [-0.1, -0.05) is 81.1 Å². The van der Waals surface area contributed by atoms with E-state index in [9.17, 15) is 0 Å². The van der Waals surface area contributed by atoms with Crippen LogP contribution in [-0.2, 0) is 0 Å². The summed E-state index contributed by atoms with van der Waals surface area (Å²) in [6.45, 7) is 8.40. The molecule has 0 spiro atoms. The van der Waals surface area contributed by atoms with Crippen LogP contribution in [0.3, 0.4) is 0 Å². The zero-order valence-corrected chi connectivity index (χ0v) is 18.0. The zero-order valence-electron chi connectivity index (χ0n) is 17.1. The van der Waals surface area contributed by atoms with Crippen LogP contribution in [0.4, 0.5) is 5.69 Å².